The topological polar surface area (TPSA) is 76.7 Å². The highest BCUT2D eigenvalue weighted by Crippen LogP contribution is 2.21. The zero-order valence-corrected chi connectivity index (χ0v) is 14.8. The van der Waals surface area contributed by atoms with Gasteiger partial charge < -0.3 is 9.47 Å². The summed E-state index contributed by atoms with van der Waals surface area (Å²) in [5.41, 5.74) is 6.36. The van der Waals surface area contributed by atoms with Crippen molar-refractivity contribution >= 4 is 11.8 Å². The van der Waals surface area contributed by atoms with E-state index in [4.69, 9.17) is 9.47 Å². The fourth-order valence-electron chi connectivity index (χ4n) is 2.20. The van der Waals surface area contributed by atoms with Gasteiger partial charge in [-0.2, -0.15) is 0 Å². The number of benzene rings is 2. The summed E-state index contributed by atoms with van der Waals surface area (Å²) in [5.74, 6) is -0.462. The molecule has 0 aliphatic carbocycles. The van der Waals surface area contributed by atoms with Crippen LogP contribution in [0.1, 0.15) is 18.1 Å². The Morgan fingerprint density at radius 1 is 1.04 bits per heavy atom. The Bertz CT molecular complexity index is 757. The van der Waals surface area contributed by atoms with Crippen LogP contribution in [0.15, 0.2) is 42.5 Å². The second-order valence-electron chi connectivity index (χ2n) is 5.76. The molecule has 0 fully saturated rings. The van der Waals surface area contributed by atoms with Gasteiger partial charge in [0.05, 0.1) is 0 Å². The number of aryl methyl sites for hydroxylation is 2. The number of hydrogen-bond donors (Lipinski definition) is 2. The molecular weight excluding hydrogens is 339 g/mol. The predicted molar refractivity (Wildman–Crippen MR) is 94.2 cm³/mol. The van der Waals surface area contributed by atoms with Gasteiger partial charge in [0, 0.05) is 0 Å². The Morgan fingerprint density at radius 3 is 2.27 bits per heavy atom. The maximum absolute atomic E-state index is 12.8. The summed E-state index contributed by atoms with van der Waals surface area (Å²) >= 11 is 0. The summed E-state index contributed by atoms with van der Waals surface area (Å²) in [6, 6.07) is 11.0. The smallest absolute Gasteiger partial charge is 0.279 e. The molecular formula is C19H21FN2O4. The molecule has 7 heteroatoms. The molecule has 1 atom stereocenters. The Balaban J connectivity index is 1.77. The van der Waals surface area contributed by atoms with Crippen molar-refractivity contribution in [2.45, 2.75) is 26.9 Å². The largest absolute Gasteiger partial charge is 0.483 e. The summed E-state index contributed by atoms with van der Waals surface area (Å²) < 4.78 is 23.7. The van der Waals surface area contributed by atoms with E-state index in [2.05, 4.69) is 10.9 Å². The van der Waals surface area contributed by atoms with Crippen LogP contribution in [0.2, 0.25) is 0 Å². The molecule has 0 aliphatic heterocycles. The molecule has 2 N–H and O–H groups in total. The van der Waals surface area contributed by atoms with Crippen LogP contribution in [0, 0.1) is 19.7 Å². The lowest BCUT2D eigenvalue weighted by molar-refractivity contribution is -0.133. The van der Waals surface area contributed by atoms with E-state index >= 15 is 0 Å². The Labute approximate surface area is 151 Å². The maximum Gasteiger partial charge on any atom is 0.279 e. The van der Waals surface area contributed by atoms with Gasteiger partial charge in [-0.25, -0.2) is 4.39 Å². The van der Waals surface area contributed by atoms with Gasteiger partial charge in [-0.05, 0) is 56.2 Å². The fraction of sp³-hybridized carbons (Fsp3) is 0.263. The number of hydrogen-bond acceptors (Lipinski definition) is 4. The first-order valence-corrected chi connectivity index (χ1v) is 8.06. The molecule has 26 heavy (non-hydrogen) atoms. The normalized spacial score (nSPS) is 11.4. The van der Waals surface area contributed by atoms with E-state index < -0.39 is 23.7 Å². The van der Waals surface area contributed by atoms with Gasteiger partial charge >= 0.3 is 0 Å². The highest BCUT2D eigenvalue weighted by Gasteiger charge is 2.16. The lowest BCUT2D eigenvalue weighted by atomic mass is 10.1. The lowest BCUT2D eigenvalue weighted by Gasteiger charge is -2.16. The average Bonchev–Trinajstić information content (AvgIpc) is 2.61. The molecule has 1 unspecified atom stereocenters. The summed E-state index contributed by atoms with van der Waals surface area (Å²) in [7, 11) is 0. The van der Waals surface area contributed by atoms with Crippen molar-refractivity contribution in [3.63, 3.8) is 0 Å². The van der Waals surface area contributed by atoms with Gasteiger partial charge in [-0.15, -0.1) is 0 Å². The molecule has 0 heterocycles. The molecule has 0 saturated heterocycles. The summed E-state index contributed by atoms with van der Waals surface area (Å²) in [5, 5.41) is 0. The number of ether oxygens (including phenoxy) is 2. The highest BCUT2D eigenvalue weighted by molar-refractivity contribution is 5.85. The van der Waals surface area contributed by atoms with Crippen molar-refractivity contribution in [2.75, 3.05) is 6.61 Å². The van der Waals surface area contributed by atoms with E-state index in [-0.39, 0.29) is 6.61 Å². The van der Waals surface area contributed by atoms with Crippen LogP contribution in [0.25, 0.3) is 0 Å². The molecule has 2 aromatic rings. The first-order chi connectivity index (χ1) is 12.4. The first-order valence-electron chi connectivity index (χ1n) is 8.06. The van der Waals surface area contributed by atoms with E-state index in [1.54, 1.807) is 0 Å². The zero-order valence-electron chi connectivity index (χ0n) is 14.8. The fourth-order valence-corrected chi connectivity index (χ4v) is 2.20. The second-order valence-corrected chi connectivity index (χ2v) is 5.76. The van der Waals surface area contributed by atoms with Gasteiger partial charge in [0.2, 0.25) is 0 Å². The highest BCUT2D eigenvalue weighted by atomic mass is 19.1. The van der Waals surface area contributed by atoms with E-state index in [0.717, 1.165) is 11.1 Å². The molecule has 2 rings (SSSR count). The molecule has 6 nitrogen and oxygen atoms in total. The number of nitrogens with one attached hydrogen (secondary N) is 2. The molecule has 0 bridgehead atoms. The zero-order chi connectivity index (χ0) is 19.1. The second kappa shape index (κ2) is 8.84. The van der Waals surface area contributed by atoms with E-state index in [1.165, 1.54) is 31.2 Å². The monoisotopic (exact) mass is 360 g/mol. The van der Waals surface area contributed by atoms with Crippen molar-refractivity contribution in [3.05, 3.63) is 59.4 Å². The minimum Gasteiger partial charge on any atom is -0.483 e. The molecule has 0 saturated carbocycles. The number of para-hydroxylation sites is 1. The molecule has 0 aromatic heterocycles. The van der Waals surface area contributed by atoms with Gasteiger partial charge in [-0.3, -0.25) is 20.4 Å². The Morgan fingerprint density at radius 2 is 1.65 bits per heavy atom. The van der Waals surface area contributed by atoms with Gasteiger partial charge in [0.15, 0.2) is 12.7 Å². The third-order valence-corrected chi connectivity index (χ3v) is 3.58. The molecule has 138 valence electrons. The van der Waals surface area contributed by atoms with Gasteiger partial charge in [0.25, 0.3) is 11.8 Å². The van der Waals surface area contributed by atoms with Crippen molar-refractivity contribution < 1.29 is 23.5 Å². The minimum atomic E-state index is -0.875. The van der Waals surface area contributed by atoms with Crippen molar-refractivity contribution in [1.82, 2.24) is 10.9 Å². The van der Waals surface area contributed by atoms with Gasteiger partial charge in [0.1, 0.15) is 17.3 Å². The lowest BCUT2D eigenvalue weighted by Crippen LogP contribution is -2.48. The van der Waals surface area contributed by atoms with E-state index in [0.29, 0.717) is 11.5 Å². The maximum atomic E-state index is 12.8. The molecule has 0 spiro atoms. The van der Waals surface area contributed by atoms with Crippen LogP contribution in [0.5, 0.6) is 11.5 Å². The predicted octanol–water partition coefficient (Wildman–Crippen LogP) is 2.44. The summed E-state index contributed by atoms with van der Waals surface area (Å²) in [6.07, 6.45) is -0.875. The van der Waals surface area contributed by atoms with Crippen molar-refractivity contribution in [3.8, 4) is 11.5 Å². The molecule has 0 aliphatic rings. The number of hydrazine groups is 1. The summed E-state index contributed by atoms with van der Waals surface area (Å²) in [6.45, 7) is 5.05. The number of carbonyl (C=O) groups excluding carboxylic acids is 2. The number of carbonyl (C=O) groups is 2. The standard InChI is InChI=1S/C19H21FN2O4/c1-12-5-4-6-13(2)18(12)25-11-17(23)21-22-19(24)14(3)26-16-9-7-15(20)8-10-16/h4-10,14H,11H2,1-3H3,(H,21,23)(H,22,24). The van der Waals surface area contributed by atoms with Crippen LogP contribution in [-0.2, 0) is 9.59 Å². The van der Waals surface area contributed by atoms with E-state index in [9.17, 15) is 14.0 Å². The van der Waals surface area contributed by atoms with E-state index in [1.807, 2.05) is 32.0 Å². The van der Waals surface area contributed by atoms with Gasteiger partial charge in [-0.1, -0.05) is 18.2 Å². The average molecular weight is 360 g/mol. The van der Waals surface area contributed by atoms with Crippen molar-refractivity contribution in [2.24, 2.45) is 0 Å². The summed E-state index contributed by atoms with van der Waals surface area (Å²) in [4.78, 5) is 23.8. The minimum absolute atomic E-state index is 0.237. The molecule has 0 radical (unpaired) electrons. The van der Waals surface area contributed by atoms with Crippen LogP contribution in [-0.4, -0.2) is 24.5 Å². The number of amides is 2. The number of rotatable bonds is 6. The Hall–Kier alpha value is -3.09. The first kappa shape index (κ1) is 19.2. The SMILES string of the molecule is Cc1cccc(C)c1OCC(=O)NNC(=O)C(C)Oc1ccc(F)cc1. The Kier molecular flexibility index (Phi) is 6.54. The van der Waals surface area contributed by atoms with Crippen LogP contribution >= 0.6 is 0 Å². The quantitative estimate of drug-likeness (QED) is 0.776. The number of halogens is 1. The third kappa shape index (κ3) is 5.47. The van der Waals surface area contributed by atoms with Crippen molar-refractivity contribution in [1.29, 1.82) is 0 Å². The molecule has 2 amide bonds. The third-order valence-electron chi connectivity index (χ3n) is 3.58. The van der Waals surface area contributed by atoms with Crippen LogP contribution < -0.4 is 20.3 Å². The van der Waals surface area contributed by atoms with Crippen LogP contribution in [0.4, 0.5) is 4.39 Å². The molecule has 2 aromatic carbocycles. The van der Waals surface area contributed by atoms with Crippen LogP contribution in [0.3, 0.4) is 0 Å².